The van der Waals surface area contributed by atoms with Crippen molar-refractivity contribution in [2.45, 2.75) is 38.4 Å². The van der Waals surface area contributed by atoms with Crippen LogP contribution in [0.2, 0.25) is 0 Å². The highest BCUT2D eigenvalue weighted by atomic mass is 19.4. The number of alkyl halides is 4. The maximum Gasteiger partial charge on any atom is 0.389 e. The number of rotatable bonds is 10. The molecule has 1 aromatic carbocycles. The molecule has 0 saturated carbocycles. The van der Waals surface area contributed by atoms with Gasteiger partial charge in [0.1, 0.15) is 18.3 Å². The van der Waals surface area contributed by atoms with Crippen LogP contribution in [0.4, 0.5) is 22.0 Å². The van der Waals surface area contributed by atoms with E-state index in [0.29, 0.717) is 5.56 Å². The highest BCUT2D eigenvalue weighted by molar-refractivity contribution is 6.11. The van der Waals surface area contributed by atoms with Crippen LogP contribution in [0.1, 0.15) is 41.9 Å². The lowest BCUT2D eigenvalue weighted by Crippen LogP contribution is -2.46. The fraction of sp³-hybridized carbons (Fsp3) is 0.267. The van der Waals surface area contributed by atoms with Crippen molar-refractivity contribution >= 4 is 28.5 Å². The van der Waals surface area contributed by atoms with Crippen LogP contribution in [0.25, 0.3) is 28.0 Å². The Morgan fingerprint density at radius 3 is 2.43 bits per heavy atom. The molecule has 0 aliphatic carbocycles. The van der Waals surface area contributed by atoms with Crippen LogP contribution in [0.15, 0.2) is 65.1 Å². The number of hydrogen-bond acceptors (Lipinski definition) is 5. The average molecular weight is 587 g/mol. The Hall–Kier alpha value is -4.79. The Labute approximate surface area is 238 Å². The molecular formula is C30H27F5N4O3. The number of hydrogen-bond donors (Lipinski definition) is 2. The molecule has 2 amide bonds. The van der Waals surface area contributed by atoms with E-state index in [4.69, 9.17) is 4.42 Å². The molecule has 3 rings (SSSR count). The smallest absolute Gasteiger partial charge is 0.389 e. The summed E-state index contributed by atoms with van der Waals surface area (Å²) in [6, 6.07) is 8.16. The Bertz CT molecular complexity index is 1610. The SMILES string of the molecule is C=C(C=C(C=CC)c1cc2c(C(=O)NC)c(-c3ccc(F)cc3)oc2nc1CCC(F)(F)F)C(=O)NC(C)(C#N)CF. The molecule has 2 N–H and O–H groups in total. The number of nitriles is 1. The number of carbonyl (C=O) groups is 2. The third kappa shape index (κ3) is 7.28. The minimum atomic E-state index is -4.52. The maximum absolute atomic E-state index is 13.6. The fourth-order valence-electron chi connectivity index (χ4n) is 3.99. The predicted molar refractivity (Wildman–Crippen MR) is 147 cm³/mol. The van der Waals surface area contributed by atoms with E-state index in [2.05, 4.69) is 22.2 Å². The van der Waals surface area contributed by atoms with Gasteiger partial charge in [0.05, 0.1) is 22.7 Å². The number of nitrogens with zero attached hydrogens (tertiary/aromatic N) is 2. The molecule has 0 radical (unpaired) electrons. The van der Waals surface area contributed by atoms with E-state index in [-0.39, 0.29) is 44.8 Å². The zero-order valence-electron chi connectivity index (χ0n) is 23.0. The van der Waals surface area contributed by atoms with Gasteiger partial charge in [-0.2, -0.15) is 18.4 Å². The molecule has 12 heteroatoms. The molecule has 0 bridgehead atoms. The van der Waals surface area contributed by atoms with Crippen molar-refractivity contribution in [2.24, 2.45) is 0 Å². The maximum atomic E-state index is 13.6. The van der Waals surface area contributed by atoms with Gasteiger partial charge in [0, 0.05) is 30.2 Å². The van der Waals surface area contributed by atoms with Crippen molar-refractivity contribution in [1.29, 1.82) is 5.26 Å². The number of carbonyl (C=O) groups excluding carboxylic acids is 2. The normalized spacial score (nSPS) is 13.5. The molecular weight excluding hydrogens is 559 g/mol. The number of benzene rings is 1. The summed E-state index contributed by atoms with van der Waals surface area (Å²) >= 11 is 0. The summed E-state index contributed by atoms with van der Waals surface area (Å²) in [5.74, 6) is -1.97. The first-order chi connectivity index (χ1) is 19.8. The molecule has 0 aliphatic rings. The molecule has 0 spiro atoms. The van der Waals surface area contributed by atoms with Crippen molar-refractivity contribution in [3.8, 4) is 17.4 Å². The van der Waals surface area contributed by atoms with E-state index in [1.807, 2.05) is 0 Å². The van der Waals surface area contributed by atoms with Crippen molar-refractivity contribution in [3.05, 3.63) is 83.3 Å². The summed E-state index contributed by atoms with van der Waals surface area (Å²) in [5, 5.41) is 14.1. The van der Waals surface area contributed by atoms with Gasteiger partial charge < -0.3 is 15.1 Å². The minimum absolute atomic E-state index is 0.0133. The molecule has 220 valence electrons. The van der Waals surface area contributed by atoms with E-state index in [1.165, 1.54) is 44.3 Å². The number of amides is 2. The first-order valence-corrected chi connectivity index (χ1v) is 12.6. The molecule has 42 heavy (non-hydrogen) atoms. The third-order valence-corrected chi connectivity index (χ3v) is 6.15. The van der Waals surface area contributed by atoms with Gasteiger partial charge in [-0.05, 0) is 62.2 Å². The second-order valence-electron chi connectivity index (χ2n) is 9.50. The molecule has 7 nitrogen and oxygen atoms in total. The molecule has 0 aliphatic heterocycles. The van der Waals surface area contributed by atoms with Gasteiger partial charge in [-0.3, -0.25) is 9.59 Å². The number of pyridine rings is 1. The number of aromatic nitrogens is 1. The molecule has 2 heterocycles. The standard InChI is InChI=1S/C30H27F5N4O3/c1-5-6-19(13-17(2)26(40)39-29(3,15-31)16-36)21-14-22-24(27(41)37-4)25(18-7-9-20(32)10-8-18)42-28(22)38-23(21)11-12-30(33,34)35/h5-10,13-14H,2,11-12,15H2,1,3-4H3,(H,37,41)(H,39,40). The van der Waals surface area contributed by atoms with Crippen LogP contribution < -0.4 is 10.6 Å². The Morgan fingerprint density at radius 1 is 1.21 bits per heavy atom. The number of aryl methyl sites for hydroxylation is 1. The first kappa shape index (κ1) is 31.7. The van der Waals surface area contributed by atoms with Crippen molar-refractivity contribution in [1.82, 2.24) is 15.6 Å². The zero-order valence-corrected chi connectivity index (χ0v) is 23.0. The van der Waals surface area contributed by atoms with Gasteiger partial charge in [-0.1, -0.05) is 18.7 Å². The molecule has 3 aromatic rings. The largest absolute Gasteiger partial charge is 0.437 e. The van der Waals surface area contributed by atoms with Crippen LogP contribution in [0, 0.1) is 17.1 Å². The van der Waals surface area contributed by atoms with Gasteiger partial charge in [-0.15, -0.1) is 0 Å². The number of halogens is 5. The summed E-state index contributed by atoms with van der Waals surface area (Å²) in [6.07, 6.45) is -2.00. The fourth-order valence-corrected chi connectivity index (χ4v) is 3.99. The average Bonchev–Trinajstić information content (AvgIpc) is 3.33. The Kier molecular flexibility index (Phi) is 9.67. The summed E-state index contributed by atoms with van der Waals surface area (Å²) in [7, 11) is 1.38. The lowest BCUT2D eigenvalue weighted by molar-refractivity contribution is -0.134. The molecule has 2 aromatic heterocycles. The van der Waals surface area contributed by atoms with Crippen molar-refractivity contribution in [3.63, 3.8) is 0 Å². The molecule has 0 fully saturated rings. The third-order valence-electron chi connectivity index (χ3n) is 6.15. The quantitative estimate of drug-likeness (QED) is 0.163. The topological polar surface area (TPSA) is 108 Å². The van der Waals surface area contributed by atoms with Crippen LogP contribution in [-0.2, 0) is 11.2 Å². The van der Waals surface area contributed by atoms with Gasteiger partial charge in [0.2, 0.25) is 5.71 Å². The summed E-state index contributed by atoms with van der Waals surface area (Å²) in [6.45, 7) is 5.32. The molecule has 1 unspecified atom stereocenters. The number of fused-ring (bicyclic) bond motifs is 1. The number of furan rings is 1. The van der Waals surface area contributed by atoms with Crippen LogP contribution in [-0.4, -0.2) is 42.2 Å². The Balaban J connectivity index is 2.28. The molecule has 0 saturated heterocycles. The van der Waals surface area contributed by atoms with E-state index in [9.17, 15) is 36.8 Å². The zero-order chi connectivity index (χ0) is 31.2. The lowest BCUT2D eigenvalue weighted by atomic mass is 9.96. The predicted octanol–water partition coefficient (Wildman–Crippen LogP) is 6.37. The minimum Gasteiger partial charge on any atom is -0.437 e. The van der Waals surface area contributed by atoms with Gasteiger partial charge in [-0.25, -0.2) is 13.8 Å². The van der Waals surface area contributed by atoms with E-state index in [0.717, 1.165) is 12.1 Å². The Morgan fingerprint density at radius 2 is 1.88 bits per heavy atom. The highest BCUT2D eigenvalue weighted by Gasteiger charge is 2.30. The summed E-state index contributed by atoms with van der Waals surface area (Å²) in [5.41, 5.74) is -1.52. The van der Waals surface area contributed by atoms with Crippen LogP contribution in [0.5, 0.6) is 0 Å². The van der Waals surface area contributed by atoms with Gasteiger partial charge in [0.15, 0.2) is 5.54 Å². The van der Waals surface area contributed by atoms with Crippen molar-refractivity contribution < 1.29 is 36.0 Å². The number of nitrogens with one attached hydrogen (secondary N) is 2. The van der Waals surface area contributed by atoms with E-state index < -0.39 is 48.9 Å². The van der Waals surface area contributed by atoms with Crippen molar-refractivity contribution in [2.75, 3.05) is 13.7 Å². The highest BCUT2D eigenvalue weighted by Crippen LogP contribution is 2.37. The first-order valence-electron chi connectivity index (χ1n) is 12.6. The van der Waals surface area contributed by atoms with Gasteiger partial charge >= 0.3 is 6.18 Å². The lowest BCUT2D eigenvalue weighted by Gasteiger charge is -2.19. The monoisotopic (exact) mass is 586 g/mol. The van der Waals surface area contributed by atoms with E-state index in [1.54, 1.807) is 19.1 Å². The second kappa shape index (κ2) is 12.8. The van der Waals surface area contributed by atoms with Crippen LogP contribution in [0.3, 0.4) is 0 Å². The van der Waals surface area contributed by atoms with Gasteiger partial charge in [0.25, 0.3) is 11.8 Å². The number of allylic oxidation sites excluding steroid dienone is 3. The van der Waals surface area contributed by atoms with Crippen LogP contribution >= 0.6 is 0 Å². The second-order valence-corrected chi connectivity index (χ2v) is 9.50. The summed E-state index contributed by atoms with van der Waals surface area (Å²) < 4.78 is 72.5. The molecule has 1 atom stereocenters. The summed E-state index contributed by atoms with van der Waals surface area (Å²) in [4.78, 5) is 30.0. The van der Waals surface area contributed by atoms with E-state index >= 15 is 0 Å².